The Morgan fingerprint density at radius 1 is 1.19 bits per heavy atom. The van der Waals surface area contributed by atoms with Crippen LogP contribution in [-0.2, 0) is 4.79 Å². The molecule has 26 heavy (non-hydrogen) atoms. The zero-order valence-corrected chi connectivity index (χ0v) is 14.2. The number of carbonyl (C=O) groups is 1. The number of benzene rings is 2. The lowest BCUT2D eigenvalue weighted by atomic mass is 9.94. The maximum atomic E-state index is 12.2. The number of fused-ring (bicyclic) bond motifs is 1. The van der Waals surface area contributed by atoms with Crippen LogP contribution in [0.4, 0.5) is 0 Å². The third kappa shape index (κ3) is 3.73. The van der Waals surface area contributed by atoms with E-state index in [0.717, 1.165) is 22.4 Å². The summed E-state index contributed by atoms with van der Waals surface area (Å²) in [7, 11) is 0. The number of nitrogens with zero attached hydrogens (tertiary/aromatic N) is 1. The van der Waals surface area contributed by atoms with Crippen molar-refractivity contribution in [1.29, 1.82) is 5.26 Å². The predicted molar refractivity (Wildman–Crippen MR) is 101 cm³/mol. The number of ether oxygens (including phenoxy) is 1. The van der Waals surface area contributed by atoms with Gasteiger partial charge in [-0.2, -0.15) is 5.26 Å². The summed E-state index contributed by atoms with van der Waals surface area (Å²) in [5.41, 5.74) is 2.64. The molecule has 0 radical (unpaired) electrons. The first kappa shape index (κ1) is 17.2. The van der Waals surface area contributed by atoms with E-state index in [2.05, 4.69) is 11.9 Å². The van der Waals surface area contributed by atoms with Crippen LogP contribution in [0.1, 0.15) is 17.2 Å². The molecule has 3 rings (SSSR count). The molecule has 1 heterocycles. The zero-order chi connectivity index (χ0) is 18.4. The van der Waals surface area contributed by atoms with Crippen LogP contribution >= 0.6 is 0 Å². The highest BCUT2D eigenvalue weighted by atomic mass is 16.5. The van der Waals surface area contributed by atoms with Crippen molar-refractivity contribution in [3.05, 3.63) is 95.6 Å². The molecular formula is C22H18N2O2. The Kier molecular flexibility index (Phi) is 5.31. The van der Waals surface area contributed by atoms with Crippen LogP contribution in [0.3, 0.4) is 0 Å². The highest BCUT2D eigenvalue weighted by Crippen LogP contribution is 2.38. The maximum absolute atomic E-state index is 12.2. The van der Waals surface area contributed by atoms with Crippen molar-refractivity contribution in [2.45, 2.75) is 6.10 Å². The first-order valence-corrected chi connectivity index (χ1v) is 8.26. The fraction of sp³-hybridized carbons (Fsp3) is 0.0909. The number of nitriles is 1. The standard InChI is InChI=1S/C22H18N2O2/c1-2-12-24-22(25)19(15-23)14-18-13-17-10-6-7-11-20(17)26-21(18)16-8-4-3-5-9-16/h2-11,13-14,21H,1,12H2,(H,24,25)/b19-14+. The average molecular weight is 342 g/mol. The van der Waals surface area contributed by atoms with Crippen molar-refractivity contribution in [1.82, 2.24) is 5.32 Å². The lowest BCUT2D eigenvalue weighted by Gasteiger charge is -2.26. The van der Waals surface area contributed by atoms with E-state index in [1.807, 2.05) is 66.7 Å². The van der Waals surface area contributed by atoms with Crippen molar-refractivity contribution >= 4 is 12.0 Å². The van der Waals surface area contributed by atoms with E-state index in [9.17, 15) is 10.1 Å². The SMILES string of the molecule is C=CCNC(=O)/C(C#N)=C/C1=Cc2ccccc2OC1c1ccccc1. The van der Waals surface area contributed by atoms with Gasteiger partial charge in [0.15, 0.2) is 0 Å². The summed E-state index contributed by atoms with van der Waals surface area (Å²) in [6, 6.07) is 19.4. The lowest BCUT2D eigenvalue weighted by Crippen LogP contribution is -2.25. The quantitative estimate of drug-likeness (QED) is 0.508. The van der Waals surface area contributed by atoms with Crippen LogP contribution in [0.25, 0.3) is 6.08 Å². The molecule has 0 bridgehead atoms. The van der Waals surface area contributed by atoms with Crippen molar-refractivity contribution in [3.8, 4) is 11.8 Å². The number of nitrogens with one attached hydrogen (secondary N) is 1. The monoisotopic (exact) mass is 342 g/mol. The lowest BCUT2D eigenvalue weighted by molar-refractivity contribution is -0.116. The van der Waals surface area contributed by atoms with Gasteiger partial charge in [0, 0.05) is 12.1 Å². The molecular weight excluding hydrogens is 324 g/mol. The highest BCUT2D eigenvalue weighted by Gasteiger charge is 2.24. The molecule has 0 aromatic heterocycles. The Bertz CT molecular complexity index is 921. The van der Waals surface area contributed by atoms with Crippen molar-refractivity contribution in [2.24, 2.45) is 0 Å². The van der Waals surface area contributed by atoms with Gasteiger partial charge in [-0.15, -0.1) is 6.58 Å². The van der Waals surface area contributed by atoms with Crippen LogP contribution in [-0.4, -0.2) is 12.5 Å². The summed E-state index contributed by atoms with van der Waals surface area (Å²) in [6.07, 6.45) is 4.72. The largest absolute Gasteiger partial charge is 0.480 e. The highest BCUT2D eigenvalue weighted by molar-refractivity contribution is 5.98. The van der Waals surface area contributed by atoms with Crippen LogP contribution in [0.5, 0.6) is 5.75 Å². The van der Waals surface area contributed by atoms with Gasteiger partial charge in [0.25, 0.3) is 5.91 Å². The minimum atomic E-state index is -0.432. The predicted octanol–water partition coefficient (Wildman–Crippen LogP) is 3.96. The molecule has 2 aromatic carbocycles. The summed E-state index contributed by atoms with van der Waals surface area (Å²) < 4.78 is 6.17. The number of rotatable bonds is 5. The van der Waals surface area contributed by atoms with Gasteiger partial charge in [0.05, 0.1) is 0 Å². The molecule has 2 aromatic rings. The van der Waals surface area contributed by atoms with Gasteiger partial charge in [-0.25, -0.2) is 0 Å². The topological polar surface area (TPSA) is 62.1 Å². The van der Waals surface area contributed by atoms with Gasteiger partial charge in [0.1, 0.15) is 23.5 Å². The molecule has 1 atom stereocenters. The maximum Gasteiger partial charge on any atom is 0.262 e. The van der Waals surface area contributed by atoms with Gasteiger partial charge >= 0.3 is 0 Å². The van der Waals surface area contributed by atoms with E-state index in [1.54, 1.807) is 12.2 Å². The minimum Gasteiger partial charge on any atom is -0.480 e. The smallest absolute Gasteiger partial charge is 0.262 e. The Morgan fingerprint density at radius 2 is 1.92 bits per heavy atom. The third-order valence-corrected chi connectivity index (χ3v) is 3.97. The molecule has 1 aliphatic rings. The fourth-order valence-corrected chi connectivity index (χ4v) is 2.74. The molecule has 1 N–H and O–H groups in total. The normalized spacial score (nSPS) is 15.7. The van der Waals surface area contributed by atoms with E-state index in [4.69, 9.17) is 4.74 Å². The van der Waals surface area contributed by atoms with Gasteiger partial charge in [-0.3, -0.25) is 4.79 Å². The molecule has 4 nitrogen and oxygen atoms in total. The summed E-state index contributed by atoms with van der Waals surface area (Å²) >= 11 is 0. The molecule has 1 amide bonds. The summed E-state index contributed by atoms with van der Waals surface area (Å²) in [5, 5.41) is 12.0. The van der Waals surface area contributed by atoms with Gasteiger partial charge in [-0.05, 0) is 29.4 Å². The van der Waals surface area contributed by atoms with Gasteiger partial charge < -0.3 is 10.1 Å². The van der Waals surface area contributed by atoms with Crippen LogP contribution in [0, 0.1) is 11.3 Å². The van der Waals surface area contributed by atoms with Gasteiger partial charge in [0.2, 0.25) is 0 Å². The number of hydrogen-bond acceptors (Lipinski definition) is 3. The van der Waals surface area contributed by atoms with Crippen LogP contribution < -0.4 is 10.1 Å². The minimum absolute atomic E-state index is 0.0296. The van der Waals surface area contributed by atoms with E-state index in [0.29, 0.717) is 6.54 Å². The molecule has 0 spiro atoms. The number of para-hydroxylation sites is 1. The Labute approximate surface area is 152 Å². The van der Waals surface area contributed by atoms with E-state index >= 15 is 0 Å². The Balaban J connectivity index is 2.03. The molecule has 1 unspecified atom stereocenters. The molecule has 4 heteroatoms. The summed E-state index contributed by atoms with van der Waals surface area (Å²) in [5.74, 6) is 0.340. The fourth-order valence-electron chi connectivity index (χ4n) is 2.74. The molecule has 0 saturated heterocycles. The molecule has 0 aliphatic carbocycles. The van der Waals surface area contributed by atoms with Crippen molar-refractivity contribution in [3.63, 3.8) is 0 Å². The van der Waals surface area contributed by atoms with Crippen molar-refractivity contribution < 1.29 is 9.53 Å². The van der Waals surface area contributed by atoms with E-state index in [-0.39, 0.29) is 11.7 Å². The Morgan fingerprint density at radius 3 is 2.65 bits per heavy atom. The zero-order valence-electron chi connectivity index (χ0n) is 14.2. The van der Waals surface area contributed by atoms with E-state index in [1.165, 1.54) is 0 Å². The Hall–Kier alpha value is -3.58. The number of amides is 1. The summed E-state index contributed by atoms with van der Waals surface area (Å²) in [6.45, 7) is 3.87. The van der Waals surface area contributed by atoms with Gasteiger partial charge in [-0.1, -0.05) is 54.6 Å². The second-order valence-corrected chi connectivity index (χ2v) is 5.76. The number of hydrogen-bond donors (Lipinski definition) is 1. The second kappa shape index (κ2) is 8.00. The molecule has 128 valence electrons. The van der Waals surface area contributed by atoms with Crippen LogP contribution in [0.15, 0.2) is 84.5 Å². The second-order valence-electron chi connectivity index (χ2n) is 5.76. The molecule has 1 aliphatic heterocycles. The molecule has 0 saturated carbocycles. The summed E-state index contributed by atoms with van der Waals surface area (Å²) in [4.78, 5) is 12.2. The molecule has 0 fully saturated rings. The van der Waals surface area contributed by atoms with E-state index < -0.39 is 5.91 Å². The average Bonchev–Trinajstić information content (AvgIpc) is 2.70. The van der Waals surface area contributed by atoms with Crippen LogP contribution in [0.2, 0.25) is 0 Å². The van der Waals surface area contributed by atoms with Crippen molar-refractivity contribution in [2.75, 3.05) is 6.54 Å². The third-order valence-electron chi connectivity index (χ3n) is 3.97. The first-order chi connectivity index (χ1) is 12.7. The number of carbonyl (C=O) groups excluding carboxylic acids is 1. The first-order valence-electron chi connectivity index (χ1n) is 8.26.